The minimum Gasteiger partial charge on any atom is -0.508 e. The summed E-state index contributed by atoms with van der Waals surface area (Å²) in [6.45, 7) is 2.75. The third-order valence-electron chi connectivity index (χ3n) is 4.33. The first kappa shape index (κ1) is 13.9. The minimum absolute atomic E-state index is 0.108. The van der Waals surface area contributed by atoms with E-state index in [2.05, 4.69) is 12.2 Å². The third-order valence-corrected chi connectivity index (χ3v) is 4.33. The zero-order valence-electron chi connectivity index (χ0n) is 12.1. The molecule has 3 rings (SSSR count). The molecule has 1 heterocycles. The molecule has 2 amide bonds. The van der Waals surface area contributed by atoms with Gasteiger partial charge in [-0.2, -0.15) is 0 Å². The van der Waals surface area contributed by atoms with Gasteiger partial charge >= 0.3 is 0 Å². The number of hydrogen-bond donors (Lipinski definition) is 2. The Labute approximate surface area is 123 Å². The molecule has 2 aliphatic rings. The molecule has 1 aromatic rings. The monoisotopic (exact) mass is 288 g/mol. The van der Waals surface area contributed by atoms with Crippen LogP contribution in [-0.2, 0) is 16.0 Å². The highest BCUT2D eigenvalue weighted by Gasteiger charge is 2.44. The summed E-state index contributed by atoms with van der Waals surface area (Å²) in [4.78, 5) is 25.9. The molecule has 112 valence electrons. The summed E-state index contributed by atoms with van der Waals surface area (Å²) in [7, 11) is 0. The molecule has 3 unspecified atom stereocenters. The lowest BCUT2D eigenvalue weighted by Crippen LogP contribution is -2.38. The molecule has 1 saturated carbocycles. The number of nitrogens with zero attached hydrogens (tertiary/aromatic N) is 1. The van der Waals surface area contributed by atoms with Gasteiger partial charge in [0.25, 0.3) is 0 Å². The summed E-state index contributed by atoms with van der Waals surface area (Å²) in [6.07, 6.45) is 1.59. The number of para-hydroxylation sites is 1. The van der Waals surface area contributed by atoms with Crippen molar-refractivity contribution in [3.63, 3.8) is 0 Å². The maximum absolute atomic E-state index is 12.0. The van der Waals surface area contributed by atoms with Crippen LogP contribution in [0.4, 0.5) is 0 Å². The third kappa shape index (κ3) is 3.01. The van der Waals surface area contributed by atoms with E-state index in [1.807, 2.05) is 4.90 Å². The fourth-order valence-electron chi connectivity index (χ4n) is 3.00. The van der Waals surface area contributed by atoms with E-state index in [-0.39, 0.29) is 30.0 Å². The molecule has 2 fully saturated rings. The van der Waals surface area contributed by atoms with Crippen LogP contribution in [0.5, 0.6) is 5.75 Å². The highest BCUT2D eigenvalue weighted by molar-refractivity contribution is 5.83. The molecule has 0 bridgehead atoms. The van der Waals surface area contributed by atoms with Crippen LogP contribution in [0.15, 0.2) is 24.3 Å². The molecular weight excluding hydrogens is 268 g/mol. The van der Waals surface area contributed by atoms with Crippen LogP contribution in [0.3, 0.4) is 0 Å². The fourth-order valence-corrected chi connectivity index (χ4v) is 3.00. The maximum atomic E-state index is 12.0. The Morgan fingerprint density at radius 3 is 2.81 bits per heavy atom. The molecule has 5 heteroatoms. The lowest BCUT2D eigenvalue weighted by atomic mass is 10.1. The van der Waals surface area contributed by atoms with Crippen LogP contribution < -0.4 is 5.32 Å². The highest BCUT2D eigenvalue weighted by atomic mass is 16.3. The van der Waals surface area contributed by atoms with Gasteiger partial charge in [0.15, 0.2) is 0 Å². The summed E-state index contributed by atoms with van der Waals surface area (Å²) in [5.41, 5.74) is 0.604. The smallest absolute Gasteiger partial charge is 0.225 e. The van der Waals surface area contributed by atoms with E-state index in [4.69, 9.17) is 0 Å². The number of nitrogens with one attached hydrogen (secondary N) is 1. The number of hydrogen-bond acceptors (Lipinski definition) is 3. The Morgan fingerprint density at radius 2 is 2.14 bits per heavy atom. The minimum atomic E-state index is -0.153. The molecule has 0 aromatic heterocycles. The Hall–Kier alpha value is -2.04. The molecule has 21 heavy (non-hydrogen) atoms. The standard InChI is InChI=1S/C16H20N2O3/c1-10-6-13(10)18-9-12(8-16(18)21)17-15(20)7-11-4-2-3-5-14(11)19/h2-5,10,12-13,19H,6-9H2,1H3,(H,17,20). The number of carbonyl (C=O) groups excluding carboxylic acids is 2. The quantitative estimate of drug-likeness (QED) is 0.870. The van der Waals surface area contributed by atoms with E-state index in [0.29, 0.717) is 30.5 Å². The van der Waals surface area contributed by atoms with Crippen LogP contribution in [0.25, 0.3) is 0 Å². The number of phenolic OH excluding ortho intramolecular Hbond substituents is 1. The average Bonchev–Trinajstić information content (AvgIpc) is 3.04. The van der Waals surface area contributed by atoms with Gasteiger partial charge in [0.1, 0.15) is 5.75 Å². The Balaban J connectivity index is 1.54. The lowest BCUT2D eigenvalue weighted by molar-refractivity contribution is -0.128. The lowest BCUT2D eigenvalue weighted by Gasteiger charge is -2.17. The molecule has 1 aromatic carbocycles. The summed E-state index contributed by atoms with van der Waals surface area (Å²) in [5.74, 6) is 0.699. The average molecular weight is 288 g/mol. The van der Waals surface area contributed by atoms with Gasteiger partial charge < -0.3 is 15.3 Å². The number of aromatic hydroxyl groups is 1. The Kier molecular flexibility index (Phi) is 3.57. The first-order valence-corrected chi connectivity index (χ1v) is 7.40. The number of carbonyl (C=O) groups is 2. The van der Waals surface area contributed by atoms with Crippen LogP contribution in [0.1, 0.15) is 25.3 Å². The van der Waals surface area contributed by atoms with Gasteiger partial charge in [0.05, 0.1) is 12.5 Å². The van der Waals surface area contributed by atoms with Crippen molar-refractivity contribution in [2.45, 2.75) is 38.3 Å². The number of rotatable bonds is 4. The van der Waals surface area contributed by atoms with Gasteiger partial charge in [0, 0.05) is 24.6 Å². The first-order valence-electron chi connectivity index (χ1n) is 7.40. The first-order chi connectivity index (χ1) is 10.0. The second kappa shape index (κ2) is 5.39. The predicted octanol–water partition coefficient (Wildman–Crippen LogP) is 1.06. The summed E-state index contributed by atoms with van der Waals surface area (Å²) in [6, 6.07) is 7.07. The summed E-state index contributed by atoms with van der Waals surface area (Å²) < 4.78 is 0. The van der Waals surface area contributed by atoms with Crippen molar-refractivity contribution in [1.82, 2.24) is 10.2 Å². The molecule has 0 radical (unpaired) electrons. The van der Waals surface area contributed by atoms with E-state index >= 15 is 0 Å². The highest BCUT2D eigenvalue weighted by Crippen LogP contribution is 2.37. The molecule has 1 aliphatic heterocycles. The second-order valence-electron chi connectivity index (χ2n) is 6.10. The largest absolute Gasteiger partial charge is 0.508 e. The van der Waals surface area contributed by atoms with Crippen molar-refractivity contribution >= 4 is 11.8 Å². The van der Waals surface area contributed by atoms with Crippen molar-refractivity contribution in [2.75, 3.05) is 6.54 Å². The van der Waals surface area contributed by atoms with Crippen molar-refractivity contribution in [1.29, 1.82) is 0 Å². The van der Waals surface area contributed by atoms with Gasteiger partial charge in [-0.15, -0.1) is 0 Å². The molecule has 0 spiro atoms. The Morgan fingerprint density at radius 1 is 1.43 bits per heavy atom. The predicted molar refractivity (Wildman–Crippen MR) is 77.6 cm³/mol. The molecule has 3 atom stereocenters. The fraction of sp³-hybridized carbons (Fsp3) is 0.500. The second-order valence-corrected chi connectivity index (χ2v) is 6.10. The van der Waals surface area contributed by atoms with Gasteiger partial charge in [-0.3, -0.25) is 9.59 Å². The molecule has 1 saturated heterocycles. The normalized spacial score (nSPS) is 27.8. The van der Waals surface area contributed by atoms with Crippen molar-refractivity contribution in [3.05, 3.63) is 29.8 Å². The van der Waals surface area contributed by atoms with E-state index in [0.717, 1.165) is 6.42 Å². The van der Waals surface area contributed by atoms with Crippen LogP contribution in [-0.4, -0.2) is 40.4 Å². The zero-order chi connectivity index (χ0) is 15.0. The van der Waals surface area contributed by atoms with Crippen molar-refractivity contribution in [2.24, 2.45) is 5.92 Å². The van der Waals surface area contributed by atoms with E-state index in [1.165, 1.54) is 0 Å². The van der Waals surface area contributed by atoms with E-state index < -0.39 is 0 Å². The SMILES string of the molecule is CC1CC1N1CC(NC(=O)Cc2ccccc2O)CC1=O. The number of phenols is 1. The van der Waals surface area contributed by atoms with Gasteiger partial charge in [-0.05, 0) is 18.4 Å². The summed E-state index contributed by atoms with van der Waals surface area (Å²) in [5, 5.41) is 12.6. The zero-order valence-corrected chi connectivity index (χ0v) is 12.1. The van der Waals surface area contributed by atoms with Crippen molar-refractivity contribution < 1.29 is 14.7 Å². The van der Waals surface area contributed by atoms with Gasteiger partial charge in [0.2, 0.25) is 11.8 Å². The Bertz CT molecular complexity index is 572. The van der Waals surface area contributed by atoms with E-state index in [1.54, 1.807) is 24.3 Å². The van der Waals surface area contributed by atoms with Crippen LogP contribution >= 0.6 is 0 Å². The van der Waals surface area contributed by atoms with Gasteiger partial charge in [-0.1, -0.05) is 25.1 Å². The summed E-state index contributed by atoms with van der Waals surface area (Å²) >= 11 is 0. The van der Waals surface area contributed by atoms with Crippen LogP contribution in [0, 0.1) is 5.92 Å². The van der Waals surface area contributed by atoms with Gasteiger partial charge in [-0.25, -0.2) is 0 Å². The van der Waals surface area contributed by atoms with Crippen LogP contribution in [0.2, 0.25) is 0 Å². The number of benzene rings is 1. The topological polar surface area (TPSA) is 69.6 Å². The molecule has 5 nitrogen and oxygen atoms in total. The molecule has 2 N–H and O–H groups in total. The molecule has 1 aliphatic carbocycles. The number of amides is 2. The molecular formula is C16H20N2O3. The maximum Gasteiger partial charge on any atom is 0.225 e. The number of likely N-dealkylation sites (tertiary alicyclic amines) is 1. The van der Waals surface area contributed by atoms with Crippen molar-refractivity contribution in [3.8, 4) is 5.75 Å². The van der Waals surface area contributed by atoms with E-state index in [9.17, 15) is 14.7 Å².